The maximum absolute atomic E-state index is 4.43. The molecule has 1 aliphatic heterocycles. The molecule has 1 saturated heterocycles. The fourth-order valence-electron chi connectivity index (χ4n) is 2.75. The second-order valence-corrected chi connectivity index (χ2v) is 5.66. The summed E-state index contributed by atoms with van der Waals surface area (Å²) in [4.78, 5) is 9.35. The van der Waals surface area contributed by atoms with E-state index in [-0.39, 0.29) is 0 Å². The van der Waals surface area contributed by atoms with Crippen molar-refractivity contribution in [1.29, 1.82) is 0 Å². The van der Waals surface area contributed by atoms with Gasteiger partial charge in [0, 0.05) is 51.5 Å². The van der Waals surface area contributed by atoms with Crippen LogP contribution < -0.4 is 10.2 Å². The Morgan fingerprint density at radius 2 is 2.05 bits per heavy atom. The lowest BCUT2D eigenvalue weighted by molar-refractivity contribution is 0.253. The van der Waals surface area contributed by atoms with Crippen molar-refractivity contribution in [1.82, 2.24) is 15.2 Å². The molecule has 4 nitrogen and oxygen atoms in total. The Kier molecular flexibility index (Phi) is 6.27. The minimum Gasteiger partial charge on any atom is -0.354 e. The van der Waals surface area contributed by atoms with Gasteiger partial charge in [-0.05, 0) is 25.5 Å². The van der Waals surface area contributed by atoms with Crippen LogP contribution in [0.4, 0.5) is 5.82 Å². The predicted molar refractivity (Wildman–Crippen MR) is 85.3 cm³/mol. The number of hydrogen-bond donors (Lipinski definition) is 1. The van der Waals surface area contributed by atoms with Gasteiger partial charge in [0.1, 0.15) is 5.82 Å². The lowest BCUT2D eigenvalue weighted by Gasteiger charge is -2.35. The van der Waals surface area contributed by atoms with E-state index in [2.05, 4.69) is 46.1 Å². The second kappa shape index (κ2) is 8.22. The first kappa shape index (κ1) is 15.3. The smallest absolute Gasteiger partial charge is 0.128 e. The average Bonchev–Trinajstić information content (AvgIpc) is 2.49. The quantitative estimate of drug-likeness (QED) is 0.825. The monoisotopic (exact) mass is 276 g/mol. The molecule has 0 bridgehead atoms. The van der Waals surface area contributed by atoms with Gasteiger partial charge in [-0.1, -0.05) is 19.4 Å². The molecule has 112 valence electrons. The van der Waals surface area contributed by atoms with E-state index in [0.29, 0.717) is 6.04 Å². The van der Waals surface area contributed by atoms with Crippen LogP contribution in [-0.2, 0) is 0 Å². The third-order valence-electron chi connectivity index (χ3n) is 3.99. The van der Waals surface area contributed by atoms with Crippen molar-refractivity contribution < 1.29 is 0 Å². The van der Waals surface area contributed by atoms with Gasteiger partial charge in [0.15, 0.2) is 0 Å². The minimum atomic E-state index is 0.648. The Balaban J connectivity index is 1.65. The molecule has 1 atom stereocenters. The standard InChI is InChI=1S/C16H28N4/c1-3-6-15(2)17-9-10-19-11-13-20(14-12-19)16-7-4-5-8-18-16/h4-5,7-8,15,17H,3,6,9-14H2,1-2H3. The van der Waals surface area contributed by atoms with Crippen LogP contribution in [0.15, 0.2) is 24.4 Å². The molecule has 0 aromatic carbocycles. The van der Waals surface area contributed by atoms with Crippen LogP contribution in [0.3, 0.4) is 0 Å². The van der Waals surface area contributed by atoms with Gasteiger partial charge in [-0.2, -0.15) is 0 Å². The van der Waals surface area contributed by atoms with Gasteiger partial charge in [0.05, 0.1) is 0 Å². The Labute approximate surface area is 123 Å². The minimum absolute atomic E-state index is 0.648. The lowest BCUT2D eigenvalue weighted by Crippen LogP contribution is -2.48. The van der Waals surface area contributed by atoms with E-state index in [1.165, 1.54) is 12.8 Å². The van der Waals surface area contributed by atoms with Crippen molar-refractivity contribution in [2.75, 3.05) is 44.2 Å². The molecule has 4 heteroatoms. The Morgan fingerprint density at radius 3 is 2.70 bits per heavy atom. The third-order valence-corrected chi connectivity index (χ3v) is 3.99. The molecule has 1 aliphatic rings. The fraction of sp³-hybridized carbons (Fsp3) is 0.688. The van der Waals surface area contributed by atoms with E-state index in [9.17, 15) is 0 Å². The lowest BCUT2D eigenvalue weighted by atomic mass is 10.2. The van der Waals surface area contributed by atoms with Crippen LogP contribution in [0.1, 0.15) is 26.7 Å². The first-order valence-corrected chi connectivity index (χ1v) is 7.91. The fourth-order valence-corrected chi connectivity index (χ4v) is 2.75. The van der Waals surface area contributed by atoms with Crippen LogP contribution in [-0.4, -0.2) is 55.2 Å². The predicted octanol–water partition coefficient (Wildman–Crippen LogP) is 1.98. The summed E-state index contributed by atoms with van der Waals surface area (Å²) in [5.41, 5.74) is 0. The number of nitrogens with one attached hydrogen (secondary N) is 1. The number of hydrogen-bond acceptors (Lipinski definition) is 4. The van der Waals surface area contributed by atoms with E-state index in [1.54, 1.807) is 0 Å². The molecule has 20 heavy (non-hydrogen) atoms. The highest BCUT2D eigenvalue weighted by Gasteiger charge is 2.17. The van der Waals surface area contributed by atoms with Gasteiger partial charge in [0.25, 0.3) is 0 Å². The topological polar surface area (TPSA) is 31.4 Å². The van der Waals surface area contributed by atoms with Crippen molar-refractivity contribution in [3.63, 3.8) is 0 Å². The van der Waals surface area contributed by atoms with Crippen LogP contribution in [0.2, 0.25) is 0 Å². The molecule has 1 N–H and O–H groups in total. The maximum atomic E-state index is 4.43. The molecule has 0 aliphatic carbocycles. The van der Waals surface area contributed by atoms with E-state index >= 15 is 0 Å². The van der Waals surface area contributed by atoms with Gasteiger partial charge in [0.2, 0.25) is 0 Å². The Hall–Kier alpha value is -1.13. The summed E-state index contributed by atoms with van der Waals surface area (Å²) in [5, 5.41) is 3.61. The van der Waals surface area contributed by atoms with Crippen molar-refractivity contribution in [3.05, 3.63) is 24.4 Å². The number of pyridine rings is 1. The van der Waals surface area contributed by atoms with E-state index in [0.717, 1.165) is 45.1 Å². The molecule has 0 radical (unpaired) electrons. The largest absolute Gasteiger partial charge is 0.354 e. The zero-order valence-electron chi connectivity index (χ0n) is 12.9. The number of anilines is 1. The normalized spacial score (nSPS) is 18.2. The van der Waals surface area contributed by atoms with E-state index in [4.69, 9.17) is 0 Å². The molecule has 1 aromatic rings. The summed E-state index contributed by atoms with van der Waals surface area (Å²) in [6.45, 7) is 11.2. The summed E-state index contributed by atoms with van der Waals surface area (Å²) in [6.07, 6.45) is 4.41. The molecular formula is C16H28N4. The molecule has 2 heterocycles. The van der Waals surface area contributed by atoms with Gasteiger partial charge < -0.3 is 10.2 Å². The molecule has 2 rings (SSSR count). The van der Waals surface area contributed by atoms with Crippen LogP contribution in [0.5, 0.6) is 0 Å². The van der Waals surface area contributed by atoms with Gasteiger partial charge in [-0.25, -0.2) is 4.98 Å². The molecule has 0 amide bonds. The first-order chi connectivity index (χ1) is 9.79. The van der Waals surface area contributed by atoms with E-state index < -0.39 is 0 Å². The van der Waals surface area contributed by atoms with Gasteiger partial charge >= 0.3 is 0 Å². The number of piperazine rings is 1. The molecular weight excluding hydrogens is 248 g/mol. The van der Waals surface area contributed by atoms with Crippen molar-refractivity contribution >= 4 is 5.82 Å². The molecule has 1 fully saturated rings. The van der Waals surface area contributed by atoms with Gasteiger partial charge in [-0.15, -0.1) is 0 Å². The Morgan fingerprint density at radius 1 is 1.25 bits per heavy atom. The summed E-state index contributed by atoms with van der Waals surface area (Å²) in [5.74, 6) is 1.11. The molecule has 0 saturated carbocycles. The maximum Gasteiger partial charge on any atom is 0.128 e. The summed E-state index contributed by atoms with van der Waals surface area (Å²) >= 11 is 0. The molecule has 1 unspecified atom stereocenters. The van der Waals surface area contributed by atoms with Crippen LogP contribution >= 0.6 is 0 Å². The van der Waals surface area contributed by atoms with Crippen molar-refractivity contribution in [2.45, 2.75) is 32.7 Å². The van der Waals surface area contributed by atoms with Crippen LogP contribution in [0.25, 0.3) is 0 Å². The second-order valence-electron chi connectivity index (χ2n) is 5.66. The Bertz CT molecular complexity index is 360. The number of nitrogens with zero attached hydrogens (tertiary/aromatic N) is 3. The third kappa shape index (κ3) is 4.76. The SMILES string of the molecule is CCCC(C)NCCN1CCN(c2ccccn2)CC1. The van der Waals surface area contributed by atoms with Crippen LogP contribution in [0, 0.1) is 0 Å². The molecule has 0 spiro atoms. The number of rotatable bonds is 7. The summed E-state index contributed by atoms with van der Waals surface area (Å²) in [7, 11) is 0. The highest BCUT2D eigenvalue weighted by molar-refractivity contribution is 5.38. The summed E-state index contributed by atoms with van der Waals surface area (Å²) < 4.78 is 0. The zero-order valence-corrected chi connectivity index (χ0v) is 12.9. The highest BCUT2D eigenvalue weighted by atomic mass is 15.3. The zero-order chi connectivity index (χ0) is 14.2. The van der Waals surface area contributed by atoms with Crippen molar-refractivity contribution in [2.24, 2.45) is 0 Å². The van der Waals surface area contributed by atoms with Gasteiger partial charge in [-0.3, -0.25) is 4.90 Å². The molecule has 1 aromatic heterocycles. The highest BCUT2D eigenvalue weighted by Crippen LogP contribution is 2.12. The van der Waals surface area contributed by atoms with Crippen molar-refractivity contribution in [3.8, 4) is 0 Å². The average molecular weight is 276 g/mol. The first-order valence-electron chi connectivity index (χ1n) is 7.91. The summed E-state index contributed by atoms with van der Waals surface area (Å²) in [6, 6.07) is 6.79. The van der Waals surface area contributed by atoms with E-state index in [1.807, 2.05) is 12.3 Å². The number of aromatic nitrogens is 1.